The van der Waals surface area contributed by atoms with Gasteiger partial charge in [-0.2, -0.15) is 0 Å². The quantitative estimate of drug-likeness (QED) is 0.0921. The molecule has 0 rings (SSSR count). The van der Waals surface area contributed by atoms with Gasteiger partial charge >= 0.3 is 5.97 Å². The van der Waals surface area contributed by atoms with Gasteiger partial charge in [0, 0.05) is 19.4 Å². The second-order valence-corrected chi connectivity index (χ2v) is 9.15. The fourth-order valence-electron chi connectivity index (χ4n) is 4.02. The van der Waals surface area contributed by atoms with E-state index >= 15 is 0 Å². The van der Waals surface area contributed by atoms with E-state index in [1.165, 1.54) is 77.0 Å². The second-order valence-electron chi connectivity index (χ2n) is 9.15. The first-order chi connectivity index (χ1) is 15.7. The average Bonchev–Trinajstić information content (AvgIpc) is 2.79. The molecule has 0 bridgehead atoms. The largest absolute Gasteiger partial charge is 0.466 e. The summed E-state index contributed by atoms with van der Waals surface area (Å²) in [5, 5.41) is 9.28. The lowest BCUT2D eigenvalue weighted by Gasteiger charge is -2.21. The third-order valence-electron chi connectivity index (χ3n) is 6.08. The molecule has 0 aliphatic carbocycles. The predicted octanol–water partition coefficient (Wildman–Crippen LogP) is 6.45. The maximum atomic E-state index is 11.7. The van der Waals surface area contributed by atoms with E-state index in [2.05, 4.69) is 11.8 Å². The smallest absolute Gasteiger partial charge is 0.305 e. The van der Waals surface area contributed by atoms with Gasteiger partial charge in [0.25, 0.3) is 0 Å². The molecule has 0 saturated heterocycles. The predicted molar refractivity (Wildman–Crippen MR) is 134 cm³/mol. The van der Waals surface area contributed by atoms with Crippen LogP contribution in [0.4, 0.5) is 0 Å². The van der Waals surface area contributed by atoms with Crippen molar-refractivity contribution in [1.82, 2.24) is 4.90 Å². The summed E-state index contributed by atoms with van der Waals surface area (Å²) in [5.41, 5.74) is 0. The number of nitrogens with zero attached hydrogens (tertiary/aromatic N) is 1. The number of aliphatic hydroxyl groups excluding tert-OH is 1. The van der Waals surface area contributed by atoms with Crippen LogP contribution in [0.15, 0.2) is 0 Å². The molecule has 0 aliphatic rings. The molecule has 0 radical (unpaired) electrons. The third-order valence-corrected chi connectivity index (χ3v) is 6.08. The summed E-state index contributed by atoms with van der Waals surface area (Å²) in [5.74, 6) is -0.0228. The Kier molecular flexibility index (Phi) is 25.5. The van der Waals surface area contributed by atoms with Gasteiger partial charge in [0.05, 0.1) is 13.2 Å². The maximum Gasteiger partial charge on any atom is 0.305 e. The Morgan fingerprint density at radius 1 is 0.719 bits per heavy atom. The van der Waals surface area contributed by atoms with Gasteiger partial charge in [-0.05, 0) is 45.2 Å². The molecule has 0 saturated carbocycles. The van der Waals surface area contributed by atoms with Crippen molar-refractivity contribution in [2.24, 2.45) is 0 Å². The van der Waals surface area contributed by atoms with Crippen LogP contribution in [0.25, 0.3) is 0 Å². The molecule has 0 aromatic carbocycles. The average molecular weight is 456 g/mol. The number of esters is 1. The lowest BCUT2D eigenvalue weighted by molar-refractivity contribution is -0.143. The third kappa shape index (κ3) is 23.7. The minimum Gasteiger partial charge on any atom is -0.466 e. The van der Waals surface area contributed by atoms with Gasteiger partial charge in [0.2, 0.25) is 0 Å². The van der Waals surface area contributed by atoms with Crippen LogP contribution in [-0.4, -0.2) is 55.1 Å². The number of hydrogen-bond acceptors (Lipinski definition) is 5. The van der Waals surface area contributed by atoms with Crippen molar-refractivity contribution in [2.45, 2.75) is 129 Å². The molecular formula is C27H53NO4. The number of rotatable bonds is 26. The number of hydrogen-bond donors (Lipinski definition) is 1. The molecule has 0 fully saturated rings. The van der Waals surface area contributed by atoms with Crippen LogP contribution in [0.3, 0.4) is 0 Å². The van der Waals surface area contributed by atoms with E-state index in [4.69, 9.17) is 4.74 Å². The fourth-order valence-corrected chi connectivity index (χ4v) is 4.02. The Hall–Kier alpha value is -0.940. The Morgan fingerprint density at radius 3 is 1.84 bits per heavy atom. The summed E-state index contributed by atoms with van der Waals surface area (Å²) in [6.07, 6.45) is 22.2. The van der Waals surface area contributed by atoms with Crippen LogP contribution in [0.2, 0.25) is 0 Å². The molecule has 0 spiro atoms. The summed E-state index contributed by atoms with van der Waals surface area (Å²) in [6.45, 7) is 5.97. The zero-order valence-corrected chi connectivity index (χ0v) is 21.2. The summed E-state index contributed by atoms with van der Waals surface area (Å²) >= 11 is 0. The van der Waals surface area contributed by atoms with Gasteiger partial charge in [-0.1, -0.05) is 84.0 Å². The molecule has 32 heavy (non-hydrogen) atoms. The molecule has 0 unspecified atom stereocenters. The monoisotopic (exact) mass is 455 g/mol. The first kappa shape index (κ1) is 31.1. The summed E-state index contributed by atoms with van der Waals surface area (Å²) in [6, 6.07) is 0. The highest BCUT2D eigenvalue weighted by atomic mass is 16.5. The second kappa shape index (κ2) is 26.3. The lowest BCUT2D eigenvalue weighted by Crippen LogP contribution is -2.29. The van der Waals surface area contributed by atoms with Crippen molar-refractivity contribution in [3.63, 3.8) is 0 Å². The molecule has 0 aliphatic heterocycles. The number of aldehydes is 1. The van der Waals surface area contributed by atoms with Crippen LogP contribution in [0.1, 0.15) is 129 Å². The van der Waals surface area contributed by atoms with E-state index < -0.39 is 0 Å². The molecule has 0 heterocycles. The topological polar surface area (TPSA) is 66.8 Å². The number of carbonyl (C=O) groups excluding carboxylic acids is 2. The summed E-state index contributed by atoms with van der Waals surface area (Å²) < 4.78 is 5.31. The normalized spacial score (nSPS) is 11.2. The lowest BCUT2D eigenvalue weighted by atomic mass is 10.1. The van der Waals surface area contributed by atoms with E-state index in [-0.39, 0.29) is 12.6 Å². The van der Waals surface area contributed by atoms with E-state index in [0.717, 1.165) is 58.0 Å². The van der Waals surface area contributed by atoms with Gasteiger partial charge in [-0.3, -0.25) is 4.79 Å². The fraction of sp³-hybridized carbons (Fsp3) is 0.926. The molecule has 1 N–H and O–H groups in total. The number of carbonyl (C=O) groups is 2. The Balaban J connectivity index is 3.46. The van der Waals surface area contributed by atoms with Crippen LogP contribution < -0.4 is 0 Å². The SMILES string of the molecule is CCCCCCCOC(=O)CCCCCCCCCN(CCO)CCCCCCCC=O. The van der Waals surface area contributed by atoms with Crippen molar-refractivity contribution < 1.29 is 19.4 Å². The van der Waals surface area contributed by atoms with Gasteiger partial charge in [0.15, 0.2) is 0 Å². The highest BCUT2D eigenvalue weighted by Gasteiger charge is 2.05. The van der Waals surface area contributed by atoms with Gasteiger partial charge in [0.1, 0.15) is 6.29 Å². The Labute approximate surface area is 198 Å². The van der Waals surface area contributed by atoms with Gasteiger partial charge in [-0.15, -0.1) is 0 Å². The molecule has 5 heteroatoms. The van der Waals surface area contributed by atoms with Gasteiger partial charge < -0.3 is 19.5 Å². The van der Waals surface area contributed by atoms with Crippen molar-refractivity contribution in [3.8, 4) is 0 Å². The number of ether oxygens (including phenoxy) is 1. The number of aliphatic hydroxyl groups is 1. The highest BCUT2D eigenvalue weighted by molar-refractivity contribution is 5.69. The molecule has 190 valence electrons. The zero-order chi connectivity index (χ0) is 23.5. The molecule has 0 aromatic heterocycles. The minimum absolute atomic E-state index is 0.0228. The first-order valence-corrected chi connectivity index (χ1v) is 13.7. The minimum atomic E-state index is -0.0228. The maximum absolute atomic E-state index is 11.7. The van der Waals surface area contributed by atoms with Crippen LogP contribution in [0.5, 0.6) is 0 Å². The van der Waals surface area contributed by atoms with Crippen LogP contribution >= 0.6 is 0 Å². The highest BCUT2D eigenvalue weighted by Crippen LogP contribution is 2.11. The first-order valence-electron chi connectivity index (χ1n) is 13.7. The van der Waals surface area contributed by atoms with Crippen molar-refractivity contribution in [3.05, 3.63) is 0 Å². The summed E-state index contributed by atoms with van der Waals surface area (Å²) in [4.78, 5) is 24.4. The van der Waals surface area contributed by atoms with Crippen LogP contribution in [-0.2, 0) is 14.3 Å². The standard InChI is InChI=1S/C27H53NO4/c1-2-3-4-14-19-26-32-27(31)20-15-10-6-5-7-11-16-21-28(23-25-30)22-17-12-8-9-13-18-24-29/h24,30H,2-23,25-26H2,1H3. The number of unbranched alkanes of at least 4 members (excludes halogenated alkanes) is 15. The van der Waals surface area contributed by atoms with Gasteiger partial charge in [-0.25, -0.2) is 0 Å². The van der Waals surface area contributed by atoms with Crippen molar-refractivity contribution in [2.75, 3.05) is 32.8 Å². The van der Waals surface area contributed by atoms with E-state index in [1.807, 2.05) is 0 Å². The Bertz CT molecular complexity index is 403. The van der Waals surface area contributed by atoms with E-state index in [0.29, 0.717) is 19.4 Å². The molecule has 5 nitrogen and oxygen atoms in total. The summed E-state index contributed by atoms with van der Waals surface area (Å²) in [7, 11) is 0. The van der Waals surface area contributed by atoms with Crippen molar-refractivity contribution in [1.29, 1.82) is 0 Å². The molecular weight excluding hydrogens is 402 g/mol. The zero-order valence-electron chi connectivity index (χ0n) is 21.2. The van der Waals surface area contributed by atoms with E-state index in [1.54, 1.807) is 0 Å². The molecule has 0 aromatic rings. The molecule has 0 amide bonds. The van der Waals surface area contributed by atoms with Crippen LogP contribution in [0, 0.1) is 0 Å². The van der Waals surface area contributed by atoms with E-state index in [9.17, 15) is 14.7 Å². The Morgan fingerprint density at radius 2 is 1.25 bits per heavy atom. The van der Waals surface area contributed by atoms with Crippen molar-refractivity contribution >= 4 is 12.3 Å². The molecule has 0 atom stereocenters.